The fourth-order valence-corrected chi connectivity index (χ4v) is 3.93. The van der Waals surface area contributed by atoms with Crippen molar-refractivity contribution in [3.8, 4) is 0 Å². The Morgan fingerprint density at radius 2 is 1.88 bits per heavy atom. The van der Waals surface area contributed by atoms with E-state index < -0.39 is 16.0 Å². The smallest absolute Gasteiger partial charge is 0.303 e. The van der Waals surface area contributed by atoms with Crippen LogP contribution in [0.3, 0.4) is 0 Å². The van der Waals surface area contributed by atoms with Crippen molar-refractivity contribution in [1.29, 1.82) is 0 Å². The zero-order valence-corrected chi connectivity index (χ0v) is 15.8. The van der Waals surface area contributed by atoms with Crippen LogP contribution in [-0.4, -0.2) is 31.9 Å². The second-order valence-electron chi connectivity index (χ2n) is 5.84. The van der Waals surface area contributed by atoms with E-state index in [1.54, 1.807) is 6.92 Å². The van der Waals surface area contributed by atoms with Crippen molar-refractivity contribution in [2.24, 2.45) is 5.92 Å². The molecule has 1 aromatic heterocycles. The van der Waals surface area contributed by atoms with E-state index in [0.717, 1.165) is 4.88 Å². The highest BCUT2D eigenvalue weighted by Gasteiger charge is 2.15. The average molecular weight is 396 g/mol. The minimum atomic E-state index is -3.66. The highest BCUT2D eigenvalue weighted by Crippen LogP contribution is 2.13. The van der Waals surface area contributed by atoms with Crippen LogP contribution >= 0.6 is 11.3 Å². The molecule has 1 atom stereocenters. The molecule has 0 fully saturated rings. The maximum Gasteiger partial charge on any atom is 0.303 e. The monoisotopic (exact) mass is 396 g/mol. The van der Waals surface area contributed by atoms with Gasteiger partial charge in [0.1, 0.15) is 0 Å². The van der Waals surface area contributed by atoms with Crippen molar-refractivity contribution < 1.29 is 23.1 Å². The largest absolute Gasteiger partial charge is 0.481 e. The fourth-order valence-electron chi connectivity index (χ4n) is 2.19. The predicted molar refractivity (Wildman–Crippen MR) is 98.5 cm³/mol. The molecular formula is C17H20N2O5S2. The summed E-state index contributed by atoms with van der Waals surface area (Å²) in [6.07, 6.45) is -0.0344. The summed E-state index contributed by atoms with van der Waals surface area (Å²) in [6, 6.07) is 9.28. The van der Waals surface area contributed by atoms with Crippen LogP contribution < -0.4 is 10.0 Å². The molecule has 1 unspecified atom stereocenters. The molecule has 0 aliphatic rings. The second-order valence-corrected chi connectivity index (χ2v) is 8.64. The first-order valence-electron chi connectivity index (χ1n) is 7.90. The fraction of sp³-hybridized carbons (Fsp3) is 0.294. The van der Waals surface area contributed by atoms with Crippen LogP contribution in [0.5, 0.6) is 0 Å². The molecule has 1 aromatic carbocycles. The number of carboxylic acids is 1. The van der Waals surface area contributed by atoms with Crippen LogP contribution in [-0.2, 0) is 21.4 Å². The van der Waals surface area contributed by atoms with Gasteiger partial charge in [-0.15, -0.1) is 11.3 Å². The van der Waals surface area contributed by atoms with Gasteiger partial charge in [0.25, 0.3) is 5.91 Å². The number of carbonyl (C=O) groups excluding carboxylic acids is 1. The van der Waals surface area contributed by atoms with Crippen LogP contribution in [0.2, 0.25) is 0 Å². The molecule has 2 rings (SSSR count). The molecule has 0 saturated heterocycles. The molecule has 0 spiro atoms. The minimum Gasteiger partial charge on any atom is -0.481 e. The van der Waals surface area contributed by atoms with Crippen LogP contribution in [0.1, 0.15) is 28.6 Å². The van der Waals surface area contributed by atoms with E-state index in [-0.39, 0.29) is 36.2 Å². The molecule has 26 heavy (non-hydrogen) atoms. The number of carbonyl (C=O) groups is 2. The zero-order chi connectivity index (χ0) is 19.2. The molecule has 9 heteroatoms. The van der Waals surface area contributed by atoms with Crippen LogP contribution in [0.4, 0.5) is 0 Å². The number of hydrogen-bond acceptors (Lipinski definition) is 5. The van der Waals surface area contributed by atoms with Gasteiger partial charge in [0.2, 0.25) is 10.0 Å². The van der Waals surface area contributed by atoms with Gasteiger partial charge in [0, 0.05) is 30.0 Å². The molecule has 0 saturated carbocycles. The van der Waals surface area contributed by atoms with Gasteiger partial charge in [-0.05, 0) is 41.6 Å². The van der Waals surface area contributed by atoms with Gasteiger partial charge < -0.3 is 10.4 Å². The number of aliphatic carboxylic acids is 1. The van der Waals surface area contributed by atoms with Crippen molar-refractivity contribution in [3.05, 3.63) is 52.2 Å². The third kappa shape index (κ3) is 5.94. The summed E-state index contributed by atoms with van der Waals surface area (Å²) >= 11 is 1.46. The van der Waals surface area contributed by atoms with E-state index >= 15 is 0 Å². The SMILES string of the molecule is CC(CNC(=O)c1ccc(S(=O)(=O)NCc2cccs2)cc1)CC(=O)O. The number of thiophene rings is 1. The molecule has 0 radical (unpaired) electrons. The van der Waals surface area contributed by atoms with Crippen LogP contribution in [0.15, 0.2) is 46.7 Å². The van der Waals surface area contributed by atoms with Gasteiger partial charge in [0.05, 0.1) is 4.90 Å². The van der Waals surface area contributed by atoms with E-state index in [4.69, 9.17) is 5.11 Å². The molecule has 140 valence electrons. The average Bonchev–Trinajstić information content (AvgIpc) is 3.11. The predicted octanol–water partition coefficient (Wildman–Crippen LogP) is 2.07. The van der Waals surface area contributed by atoms with Gasteiger partial charge in [-0.2, -0.15) is 0 Å². The number of rotatable bonds is 9. The number of nitrogens with one attached hydrogen (secondary N) is 2. The van der Waals surface area contributed by atoms with Gasteiger partial charge in [0.15, 0.2) is 0 Å². The Kier molecular flexibility index (Phi) is 6.90. The number of sulfonamides is 1. The van der Waals surface area contributed by atoms with E-state index in [0.29, 0.717) is 5.56 Å². The molecule has 0 bridgehead atoms. The third-order valence-electron chi connectivity index (χ3n) is 3.58. The first kappa shape index (κ1) is 20.1. The maximum absolute atomic E-state index is 12.3. The van der Waals surface area contributed by atoms with Gasteiger partial charge in [-0.3, -0.25) is 9.59 Å². The molecule has 7 nitrogen and oxygen atoms in total. The zero-order valence-electron chi connectivity index (χ0n) is 14.1. The summed E-state index contributed by atoms with van der Waals surface area (Å²) in [7, 11) is -3.66. The number of hydrogen-bond donors (Lipinski definition) is 3. The van der Waals surface area contributed by atoms with E-state index in [1.165, 1.54) is 35.6 Å². The highest BCUT2D eigenvalue weighted by atomic mass is 32.2. The molecular weight excluding hydrogens is 376 g/mol. The Morgan fingerprint density at radius 3 is 2.46 bits per heavy atom. The summed E-state index contributed by atoms with van der Waals surface area (Å²) in [5.41, 5.74) is 0.310. The normalized spacial score (nSPS) is 12.5. The van der Waals surface area contributed by atoms with Crippen LogP contribution in [0, 0.1) is 5.92 Å². The maximum atomic E-state index is 12.3. The lowest BCUT2D eigenvalue weighted by Crippen LogP contribution is -2.29. The Balaban J connectivity index is 1.94. The first-order valence-corrected chi connectivity index (χ1v) is 10.3. The summed E-state index contributed by atoms with van der Waals surface area (Å²) in [5.74, 6) is -1.49. The van der Waals surface area contributed by atoms with Crippen molar-refractivity contribution in [2.75, 3.05) is 6.54 Å². The van der Waals surface area contributed by atoms with Crippen LogP contribution in [0.25, 0.3) is 0 Å². The van der Waals surface area contributed by atoms with E-state index in [2.05, 4.69) is 10.0 Å². The Hall–Kier alpha value is -2.23. The molecule has 1 heterocycles. The number of amides is 1. The first-order chi connectivity index (χ1) is 12.3. The molecule has 0 aliphatic heterocycles. The minimum absolute atomic E-state index is 0.0344. The standard InChI is InChI=1S/C17H20N2O5S2/c1-12(9-16(20)21)10-18-17(22)13-4-6-15(7-5-13)26(23,24)19-11-14-3-2-8-25-14/h2-8,12,19H,9-11H2,1H3,(H,18,22)(H,20,21). The number of carboxylic acid groups (broad SMARTS) is 1. The summed E-state index contributed by atoms with van der Waals surface area (Å²) in [6.45, 7) is 2.17. The Bertz CT molecular complexity index is 846. The van der Waals surface area contributed by atoms with Crippen molar-refractivity contribution in [3.63, 3.8) is 0 Å². The lowest BCUT2D eigenvalue weighted by atomic mass is 10.1. The quantitative estimate of drug-likeness (QED) is 0.601. The second kappa shape index (κ2) is 8.93. The third-order valence-corrected chi connectivity index (χ3v) is 5.87. The molecule has 3 N–H and O–H groups in total. The van der Waals surface area contributed by atoms with Gasteiger partial charge >= 0.3 is 5.97 Å². The van der Waals surface area contributed by atoms with Gasteiger partial charge in [-0.25, -0.2) is 13.1 Å². The highest BCUT2D eigenvalue weighted by molar-refractivity contribution is 7.89. The summed E-state index contributed by atoms with van der Waals surface area (Å²) < 4.78 is 27.0. The Labute approximate surface area is 156 Å². The Morgan fingerprint density at radius 1 is 1.19 bits per heavy atom. The molecule has 2 aromatic rings. The van der Waals surface area contributed by atoms with E-state index in [9.17, 15) is 18.0 Å². The topological polar surface area (TPSA) is 113 Å². The lowest BCUT2D eigenvalue weighted by Gasteiger charge is -2.11. The number of benzene rings is 1. The van der Waals surface area contributed by atoms with Crippen molar-refractivity contribution in [1.82, 2.24) is 10.0 Å². The van der Waals surface area contributed by atoms with Gasteiger partial charge in [-0.1, -0.05) is 13.0 Å². The lowest BCUT2D eigenvalue weighted by molar-refractivity contribution is -0.137. The van der Waals surface area contributed by atoms with E-state index in [1.807, 2.05) is 17.5 Å². The molecule has 1 amide bonds. The van der Waals surface area contributed by atoms with Crippen molar-refractivity contribution in [2.45, 2.75) is 24.8 Å². The molecule has 0 aliphatic carbocycles. The summed E-state index contributed by atoms with van der Waals surface area (Å²) in [4.78, 5) is 23.6. The van der Waals surface area contributed by atoms with Crippen molar-refractivity contribution >= 4 is 33.2 Å². The summed E-state index contributed by atoms with van der Waals surface area (Å²) in [5, 5.41) is 13.2.